The van der Waals surface area contributed by atoms with Crippen LogP contribution in [0, 0.1) is 12.7 Å². The molecule has 2 rings (SSSR count). The highest BCUT2D eigenvalue weighted by atomic mass is 19.1. The molecule has 3 heteroatoms. The summed E-state index contributed by atoms with van der Waals surface area (Å²) in [6, 6.07) is 4.12. The molecule has 0 fully saturated rings. The van der Waals surface area contributed by atoms with Gasteiger partial charge in [0.15, 0.2) is 0 Å². The molecule has 0 radical (unpaired) electrons. The molecule has 1 heterocycles. The minimum atomic E-state index is -0.186. The number of ether oxygens (including phenoxy) is 1. The first-order chi connectivity index (χ1) is 8.08. The van der Waals surface area contributed by atoms with Crippen LogP contribution in [-0.4, -0.2) is 12.6 Å². The van der Waals surface area contributed by atoms with Gasteiger partial charge in [-0.05, 0) is 31.4 Å². The summed E-state index contributed by atoms with van der Waals surface area (Å²) in [6.07, 6.45) is 2.04. The molecule has 1 aromatic rings. The molecule has 1 aliphatic rings. The van der Waals surface area contributed by atoms with E-state index >= 15 is 0 Å². The number of aryl methyl sites for hydroxylation is 1. The maximum absolute atomic E-state index is 13.5. The Morgan fingerprint density at radius 2 is 2.18 bits per heavy atom. The third-order valence-electron chi connectivity index (χ3n) is 3.10. The molecule has 0 aromatic heterocycles. The van der Waals surface area contributed by atoms with Crippen molar-refractivity contribution in [2.45, 2.75) is 45.7 Å². The van der Waals surface area contributed by atoms with Crippen molar-refractivity contribution >= 4 is 0 Å². The van der Waals surface area contributed by atoms with Crippen molar-refractivity contribution in [3.63, 3.8) is 0 Å². The Hall–Kier alpha value is -1.09. The molecule has 1 aliphatic heterocycles. The van der Waals surface area contributed by atoms with Gasteiger partial charge in [0.25, 0.3) is 0 Å². The third kappa shape index (κ3) is 2.78. The quantitative estimate of drug-likeness (QED) is 0.851. The zero-order valence-electron chi connectivity index (χ0n) is 10.7. The predicted octanol–water partition coefficient (Wildman–Crippen LogP) is 3.35. The lowest BCUT2D eigenvalue weighted by atomic mass is 9.99. The maximum Gasteiger partial charge on any atom is 0.129 e. The smallest absolute Gasteiger partial charge is 0.129 e. The molecule has 0 amide bonds. The Bertz CT molecular complexity index is 403. The number of benzene rings is 1. The van der Waals surface area contributed by atoms with E-state index in [-0.39, 0.29) is 11.9 Å². The predicted molar refractivity (Wildman–Crippen MR) is 66.9 cm³/mol. The highest BCUT2D eigenvalue weighted by Crippen LogP contribution is 2.33. The number of fused-ring (bicyclic) bond motifs is 1. The topological polar surface area (TPSA) is 21.3 Å². The zero-order chi connectivity index (χ0) is 12.4. The molecule has 94 valence electrons. The molecule has 0 saturated heterocycles. The van der Waals surface area contributed by atoms with Crippen LogP contribution < -0.4 is 10.1 Å². The second-order valence-electron chi connectivity index (χ2n) is 5.00. The van der Waals surface area contributed by atoms with Gasteiger partial charge in [-0.1, -0.05) is 13.8 Å². The Morgan fingerprint density at radius 3 is 2.88 bits per heavy atom. The van der Waals surface area contributed by atoms with Crippen molar-refractivity contribution in [1.29, 1.82) is 0 Å². The SMILES string of the molecule is Cc1cc2c(cc1F)OCCCC2NC(C)C. The van der Waals surface area contributed by atoms with Crippen LogP contribution in [0.2, 0.25) is 0 Å². The summed E-state index contributed by atoms with van der Waals surface area (Å²) >= 11 is 0. The van der Waals surface area contributed by atoms with E-state index in [0.29, 0.717) is 24.0 Å². The molecule has 2 nitrogen and oxygen atoms in total. The molecular formula is C14H20FNO. The normalized spacial score (nSPS) is 19.7. The van der Waals surface area contributed by atoms with Gasteiger partial charge >= 0.3 is 0 Å². The summed E-state index contributed by atoms with van der Waals surface area (Å²) in [5.74, 6) is 0.512. The van der Waals surface area contributed by atoms with Crippen LogP contribution >= 0.6 is 0 Å². The van der Waals surface area contributed by atoms with Gasteiger partial charge in [-0.2, -0.15) is 0 Å². The van der Waals surface area contributed by atoms with Gasteiger partial charge in [-0.15, -0.1) is 0 Å². The highest BCUT2D eigenvalue weighted by Gasteiger charge is 2.21. The Kier molecular flexibility index (Phi) is 3.67. The van der Waals surface area contributed by atoms with E-state index in [9.17, 15) is 4.39 Å². The molecule has 0 bridgehead atoms. The maximum atomic E-state index is 13.5. The molecule has 0 spiro atoms. The van der Waals surface area contributed by atoms with E-state index in [0.717, 1.165) is 18.4 Å². The fourth-order valence-corrected chi connectivity index (χ4v) is 2.28. The molecule has 1 N–H and O–H groups in total. The number of hydrogen-bond donors (Lipinski definition) is 1. The third-order valence-corrected chi connectivity index (χ3v) is 3.10. The van der Waals surface area contributed by atoms with Crippen molar-refractivity contribution < 1.29 is 9.13 Å². The zero-order valence-corrected chi connectivity index (χ0v) is 10.7. The van der Waals surface area contributed by atoms with E-state index in [1.165, 1.54) is 6.07 Å². The summed E-state index contributed by atoms with van der Waals surface area (Å²) in [5, 5.41) is 3.52. The van der Waals surface area contributed by atoms with Crippen LogP contribution in [-0.2, 0) is 0 Å². The molecule has 1 unspecified atom stereocenters. The summed E-state index contributed by atoms with van der Waals surface area (Å²) in [6.45, 7) is 6.72. The van der Waals surface area contributed by atoms with E-state index in [2.05, 4.69) is 19.2 Å². The van der Waals surface area contributed by atoms with Crippen LogP contribution in [0.4, 0.5) is 4.39 Å². The Balaban J connectivity index is 2.37. The summed E-state index contributed by atoms with van der Waals surface area (Å²) < 4.78 is 19.1. The van der Waals surface area contributed by atoms with E-state index in [1.807, 2.05) is 6.07 Å². The molecular weight excluding hydrogens is 217 g/mol. The van der Waals surface area contributed by atoms with Gasteiger partial charge in [0.1, 0.15) is 11.6 Å². The van der Waals surface area contributed by atoms with Gasteiger partial charge in [0, 0.05) is 23.7 Å². The van der Waals surface area contributed by atoms with Crippen LogP contribution in [0.1, 0.15) is 43.9 Å². The molecule has 1 atom stereocenters. The summed E-state index contributed by atoms with van der Waals surface area (Å²) in [4.78, 5) is 0. The lowest BCUT2D eigenvalue weighted by Crippen LogP contribution is -2.28. The number of hydrogen-bond acceptors (Lipinski definition) is 2. The van der Waals surface area contributed by atoms with Crippen LogP contribution in [0.15, 0.2) is 12.1 Å². The van der Waals surface area contributed by atoms with Crippen molar-refractivity contribution in [3.8, 4) is 5.75 Å². The molecule has 1 aromatic carbocycles. The van der Waals surface area contributed by atoms with Gasteiger partial charge in [-0.3, -0.25) is 0 Å². The Labute approximate surface area is 102 Å². The van der Waals surface area contributed by atoms with Crippen LogP contribution in [0.25, 0.3) is 0 Å². The van der Waals surface area contributed by atoms with Crippen LogP contribution in [0.3, 0.4) is 0 Å². The van der Waals surface area contributed by atoms with E-state index in [1.54, 1.807) is 6.92 Å². The van der Waals surface area contributed by atoms with Crippen molar-refractivity contribution in [3.05, 3.63) is 29.1 Å². The van der Waals surface area contributed by atoms with Crippen molar-refractivity contribution in [2.24, 2.45) is 0 Å². The first-order valence-electron chi connectivity index (χ1n) is 6.27. The largest absolute Gasteiger partial charge is 0.493 e. The van der Waals surface area contributed by atoms with Crippen LogP contribution in [0.5, 0.6) is 5.75 Å². The second-order valence-corrected chi connectivity index (χ2v) is 5.00. The first-order valence-corrected chi connectivity index (χ1v) is 6.27. The minimum absolute atomic E-state index is 0.186. The monoisotopic (exact) mass is 237 g/mol. The summed E-state index contributed by atoms with van der Waals surface area (Å²) in [5.41, 5.74) is 1.78. The average Bonchev–Trinajstić information content (AvgIpc) is 2.42. The standard InChI is InChI=1S/C14H20FNO/c1-9(2)16-13-5-4-6-17-14-8-12(15)10(3)7-11(13)14/h7-9,13,16H,4-6H2,1-3H3. The molecule has 0 aliphatic carbocycles. The average molecular weight is 237 g/mol. The second kappa shape index (κ2) is 5.05. The number of nitrogens with one attached hydrogen (secondary N) is 1. The summed E-state index contributed by atoms with van der Waals surface area (Å²) in [7, 11) is 0. The minimum Gasteiger partial charge on any atom is -0.493 e. The van der Waals surface area contributed by atoms with Gasteiger partial charge in [0.05, 0.1) is 6.61 Å². The van der Waals surface area contributed by atoms with Crippen molar-refractivity contribution in [2.75, 3.05) is 6.61 Å². The lowest BCUT2D eigenvalue weighted by molar-refractivity contribution is 0.313. The Morgan fingerprint density at radius 1 is 1.41 bits per heavy atom. The fraction of sp³-hybridized carbons (Fsp3) is 0.571. The molecule has 0 saturated carbocycles. The number of rotatable bonds is 2. The number of halogens is 1. The van der Waals surface area contributed by atoms with E-state index in [4.69, 9.17) is 4.74 Å². The van der Waals surface area contributed by atoms with Gasteiger partial charge < -0.3 is 10.1 Å². The molecule has 17 heavy (non-hydrogen) atoms. The van der Waals surface area contributed by atoms with E-state index < -0.39 is 0 Å². The van der Waals surface area contributed by atoms with Crippen molar-refractivity contribution in [1.82, 2.24) is 5.32 Å². The highest BCUT2D eigenvalue weighted by molar-refractivity contribution is 5.40. The first kappa shape index (κ1) is 12.4. The fourth-order valence-electron chi connectivity index (χ4n) is 2.28. The van der Waals surface area contributed by atoms with Gasteiger partial charge in [0.2, 0.25) is 0 Å². The van der Waals surface area contributed by atoms with Gasteiger partial charge in [-0.25, -0.2) is 4.39 Å². The lowest BCUT2D eigenvalue weighted by Gasteiger charge is -2.21.